The van der Waals surface area contributed by atoms with E-state index >= 15 is 0 Å². The van der Waals surface area contributed by atoms with Gasteiger partial charge in [0.05, 0.1) is 0 Å². The van der Waals surface area contributed by atoms with Crippen LogP contribution in [0.5, 0.6) is 0 Å². The summed E-state index contributed by atoms with van der Waals surface area (Å²) in [5.74, 6) is 3.86. The summed E-state index contributed by atoms with van der Waals surface area (Å²) in [6.07, 6.45) is 1.21. The molecule has 4 heteroatoms. The number of hydrogen-bond donors (Lipinski definition) is 0. The van der Waals surface area contributed by atoms with Crippen molar-refractivity contribution in [1.29, 1.82) is 0 Å². The Balaban J connectivity index is 1.98. The van der Waals surface area contributed by atoms with E-state index in [4.69, 9.17) is 0 Å². The molecule has 15 heavy (non-hydrogen) atoms. The molecule has 0 aromatic heterocycles. The van der Waals surface area contributed by atoms with E-state index in [0.29, 0.717) is 11.8 Å². The smallest absolute Gasteiger partial charge is 0.299 e. The Morgan fingerprint density at radius 2 is 2.07 bits per heavy atom. The fraction of sp³-hybridized carbons (Fsp3) is 0.727. The van der Waals surface area contributed by atoms with Crippen molar-refractivity contribution < 1.29 is 4.79 Å². The average Bonchev–Trinajstić information content (AvgIpc) is 2.60. The summed E-state index contributed by atoms with van der Waals surface area (Å²) < 4.78 is 0. The SMILES string of the molecule is CN1CCC2CN(C(=O)C#CBr)CC2C1. The first-order valence-corrected chi connectivity index (χ1v) is 6.09. The maximum Gasteiger partial charge on any atom is 0.299 e. The first-order valence-electron chi connectivity index (χ1n) is 5.30. The van der Waals surface area contributed by atoms with E-state index in [-0.39, 0.29) is 5.91 Å². The summed E-state index contributed by atoms with van der Waals surface area (Å²) in [6, 6.07) is 0. The van der Waals surface area contributed by atoms with Crippen LogP contribution in [-0.4, -0.2) is 48.9 Å². The molecule has 3 nitrogen and oxygen atoms in total. The Hall–Kier alpha value is -0.530. The van der Waals surface area contributed by atoms with Gasteiger partial charge in [0.25, 0.3) is 5.91 Å². The molecular weight excluding hydrogens is 256 g/mol. The van der Waals surface area contributed by atoms with Gasteiger partial charge in [0.15, 0.2) is 0 Å². The molecule has 2 heterocycles. The first-order chi connectivity index (χ1) is 7.20. The summed E-state index contributed by atoms with van der Waals surface area (Å²) in [7, 11) is 2.15. The third-order valence-corrected chi connectivity index (χ3v) is 3.64. The van der Waals surface area contributed by atoms with E-state index in [1.54, 1.807) is 0 Å². The molecule has 2 aliphatic rings. The second-order valence-electron chi connectivity index (χ2n) is 4.50. The van der Waals surface area contributed by atoms with Gasteiger partial charge in [-0.05, 0) is 36.7 Å². The molecule has 82 valence electrons. The van der Waals surface area contributed by atoms with Gasteiger partial charge in [0.1, 0.15) is 0 Å². The quantitative estimate of drug-likeness (QED) is 0.607. The summed E-state index contributed by atoms with van der Waals surface area (Å²) in [5.41, 5.74) is 0. The van der Waals surface area contributed by atoms with Gasteiger partial charge < -0.3 is 9.80 Å². The van der Waals surface area contributed by atoms with Gasteiger partial charge in [-0.1, -0.05) is 0 Å². The maximum absolute atomic E-state index is 11.6. The lowest BCUT2D eigenvalue weighted by Gasteiger charge is -2.31. The molecule has 2 atom stereocenters. The third-order valence-electron chi connectivity index (χ3n) is 3.45. The number of hydrogen-bond acceptors (Lipinski definition) is 2. The highest BCUT2D eigenvalue weighted by Crippen LogP contribution is 2.30. The molecule has 0 aliphatic carbocycles. The number of likely N-dealkylation sites (tertiary alicyclic amines) is 2. The zero-order valence-electron chi connectivity index (χ0n) is 8.87. The third kappa shape index (κ3) is 2.35. The zero-order valence-corrected chi connectivity index (χ0v) is 10.5. The van der Waals surface area contributed by atoms with Crippen LogP contribution in [0.1, 0.15) is 6.42 Å². The highest BCUT2D eigenvalue weighted by Gasteiger charge is 2.37. The van der Waals surface area contributed by atoms with Crippen LogP contribution in [0.2, 0.25) is 0 Å². The van der Waals surface area contributed by atoms with E-state index in [1.165, 1.54) is 6.42 Å². The van der Waals surface area contributed by atoms with Gasteiger partial charge >= 0.3 is 0 Å². The summed E-state index contributed by atoms with van der Waals surface area (Å²) >= 11 is 2.97. The molecule has 2 rings (SSSR count). The van der Waals surface area contributed by atoms with Crippen LogP contribution in [0, 0.1) is 22.6 Å². The first kappa shape index (κ1) is 11.0. The summed E-state index contributed by atoms with van der Waals surface area (Å²) in [5, 5.41) is 0. The van der Waals surface area contributed by atoms with Crippen molar-refractivity contribution in [3.63, 3.8) is 0 Å². The van der Waals surface area contributed by atoms with Gasteiger partial charge in [0, 0.05) is 41.5 Å². The van der Waals surface area contributed by atoms with Crippen LogP contribution < -0.4 is 0 Å². The summed E-state index contributed by atoms with van der Waals surface area (Å²) in [6.45, 7) is 4.07. The molecule has 1 amide bonds. The fourth-order valence-corrected chi connectivity index (χ4v) is 2.81. The van der Waals surface area contributed by atoms with E-state index in [9.17, 15) is 4.79 Å². The minimum absolute atomic E-state index is 0.0380. The van der Waals surface area contributed by atoms with E-state index < -0.39 is 0 Å². The van der Waals surface area contributed by atoms with E-state index in [0.717, 1.165) is 26.2 Å². The molecular formula is C11H15BrN2O. The average molecular weight is 271 g/mol. The molecule has 0 radical (unpaired) electrons. The van der Waals surface area contributed by atoms with E-state index in [2.05, 4.69) is 38.6 Å². The van der Waals surface area contributed by atoms with Gasteiger partial charge in [-0.3, -0.25) is 4.79 Å². The lowest BCUT2D eigenvalue weighted by Crippen LogP contribution is -2.37. The van der Waals surface area contributed by atoms with Gasteiger partial charge in [-0.15, -0.1) is 0 Å². The van der Waals surface area contributed by atoms with Crippen LogP contribution >= 0.6 is 15.9 Å². The number of rotatable bonds is 0. The Labute approximate surface area is 98.9 Å². The number of amides is 1. The Morgan fingerprint density at radius 3 is 2.80 bits per heavy atom. The van der Waals surface area contributed by atoms with E-state index in [1.807, 2.05) is 4.90 Å². The number of fused-ring (bicyclic) bond motifs is 1. The standard InChI is InChI=1S/C11H15BrN2O/c1-13-5-3-9-7-14(8-10(9)6-13)11(15)2-4-12/h9-10H,3,5-8H2,1H3. The highest BCUT2D eigenvalue weighted by molar-refractivity contribution is 9.12. The molecule has 2 aliphatic heterocycles. The van der Waals surface area contributed by atoms with Gasteiger partial charge in [-0.25, -0.2) is 0 Å². The molecule has 0 N–H and O–H groups in total. The molecule has 2 unspecified atom stereocenters. The molecule has 0 spiro atoms. The normalized spacial score (nSPS) is 30.7. The predicted molar refractivity (Wildman–Crippen MR) is 62.4 cm³/mol. The maximum atomic E-state index is 11.6. The highest BCUT2D eigenvalue weighted by atomic mass is 79.9. The molecule has 0 aromatic carbocycles. The van der Waals surface area contributed by atoms with Crippen LogP contribution in [0.25, 0.3) is 0 Å². The van der Waals surface area contributed by atoms with Crippen molar-refractivity contribution in [1.82, 2.24) is 9.80 Å². The lowest BCUT2D eigenvalue weighted by atomic mass is 9.89. The monoisotopic (exact) mass is 270 g/mol. The van der Waals surface area contributed by atoms with Crippen molar-refractivity contribution in [3.8, 4) is 10.8 Å². The number of nitrogens with zero attached hydrogens (tertiary/aromatic N) is 2. The number of carbonyl (C=O) groups excluding carboxylic acids is 1. The van der Waals surface area contributed by atoms with Crippen LogP contribution in [0.3, 0.4) is 0 Å². The van der Waals surface area contributed by atoms with Gasteiger partial charge in [-0.2, -0.15) is 0 Å². The van der Waals surface area contributed by atoms with Crippen LogP contribution in [0.4, 0.5) is 0 Å². The topological polar surface area (TPSA) is 23.6 Å². The number of piperidine rings is 1. The molecule has 0 aromatic rings. The summed E-state index contributed by atoms with van der Waals surface area (Å²) in [4.78, 5) is 18.3. The van der Waals surface area contributed by atoms with Gasteiger partial charge in [0.2, 0.25) is 0 Å². The van der Waals surface area contributed by atoms with Crippen molar-refractivity contribution in [2.45, 2.75) is 6.42 Å². The number of carbonyl (C=O) groups is 1. The Morgan fingerprint density at radius 1 is 1.33 bits per heavy atom. The van der Waals surface area contributed by atoms with Crippen molar-refractivity contribution in [2.24, 2.45) is 11.8 Å². The predicted octanol–water partition coefficient (Wildman–Crippen LogP) is 0.752. The van der Waals surface area contributed by atoms with Crippen molar-refractivity contribution in [2.75, 3.05) is 33.2 Å². The van der Waals surface area contributed by atoms with Crippen molar-refractivity contribution in [3.05, 3.63) is 0 Å². The van der Waals surface area contributed by atoms with Crippen LogP contribution in [-0.2, 0) is 4.79 Å². The lowest BCUT2D eigenvalue weighted by molar-refractivity contribution is -0.124. The number of halogens is 1. The minimum Gasteiger partial charge on any atom is -0.331 e. The molecule has 2 fully saturated rings. The molecule has 2 saturated heterocycles. The van der Waals surface area contributed by atoms with Crippen molar-refractivity contribution >= 4 is 21.8 Å². The minimum atomic E-state index is -0.0380. The second-order valence-corrected chi connectivity index (χ2v) is 4.90. The molecule has 0 bridgehead atoms. The molecule has 0 saturated carbocycles. The Bertz CT molecular complexity index is 320. The Kier molecular flexibility index (Phi) is 3.32. The zero-order chi connectivity index (χ0) is 10.8. The fourth-order valence-electron chi connectivity index (χ4n) is 2.64. The largest absolute Gasteiger partial charge is 0.331 e. The second kappa shape index (κ2) is 4.54. The van der Waals surface area contributed by atoms with Crippen LogP contribution in [0.15, 0.2) is 0 Å².